The third kappa shape index (κ3) is 2.93. The first kappa shape index (κ1) is 12.7. The summed E-state index contributed by atoms with van der Waals surface area (Å²) in [6.07, 6.45) is 4.04. The smallest absolute Gasteiger partial charge is 0.233 e. The van der Waals surface area contributed by atoms with Crippen LogP contribution >= 0.6 is 27.7 Å². The second kappa shape index (κ2) is 5.74. The molecule has 0 aliphatic carbocycles. The number of thioether (sulfide) groups is 1. The summed E-state index contributed by atoms with van der Waals surface area (Å²) in [6.45, 7) is 1.51. The van der Waals surface area contributed by atoms with Gasteiger partial charge < -0.3 is 10.1 Å². The average Bonchev–Trinajstić information content (AvgIpc) is 2.84. The van der Waals surface area contributed by atoms with Gasteiger partial charge in [0, 0.05) is 18.5 Å². The van der Waals surface area contributed by atoms with Crippen LogP contribution in [0.1, 0.15) is 25.7 Å². The maximum atomic E-state index is 12.1. The maximum Gasteiger partial charge on any atom is 0.233 e. The first-order chi connectivity index (χ1) is 7.76. The summed E-state index contributed by atoms with van der Waals surface area (Å²) in [5.74, 6) is 1.35. The molecule has 2 rings (SSSR count). The molecule has 16 heavy (non-hydrogen) atoms. The van der Waals surface area contributed by atoms with Gasteiger partial charge in [0.15, 0.2) is 0 Å². The molecular formula is C11H18BrNO2S. The summed E-state index contributed by atoms with van der Waals surface area (Å²) in [4.78, 5) is 12.1. The predicted octanol–water partition coefficient (Wildman–Crippen LogP) is 1.94. The van der Waals surface area contributed by atoms with Crippen molar-refractivity contribution < 1.29 is 9.53 Å². The topological polar surface area (TPSA) is 38.3 Å². The zero-order valence-electron chi connectivity index (χ0n) is 9.34. The summed E-state index contributed by atoms with van der Waals surface area (Å²) < 4.78 is 5.36. The molecule has 2 saturated heterocycles. The minimum Gasteiger partial charge on any atom is -0.381 e. The Balaban J connectivity index is 1.91. The normalized spacial score (nSPS) is 28.9. The molecule has 3 nitrogen and oxygen atoms in total. The molecule has 5 heteroatoms. The van der Waals surface area contributed by atoms with Crippen LogP contribution in [0.25, 0.3) is 0 Å². The van der Waals surface area contributed by atoms with Crippen LogP contribution in [-0.2, 0) is 9.53 Å². The lowest BCUT2D eigenvalue weighted by Crippen LogP contribution is -2.55. The van der Waals surface area contributed by atoms with E-state index in [2.05, 4.69) is 21.2 Å². The number of alkyl halides is 1. The van der Waals surface area contributed by atoms with E-state index in [9.17, 15) is 4.79 Å². The van der Waals surface area contributed by atoms with Crippen molar-refractivity contribution in [2.45, 2.75) is 36.5 Å². The quantitative estimate of drug-likeness (QED) is 0.810. The van der Waals surface area contributed by atoms with E-state index in [0.29, 0.717) is 0 Å². The van der Waals surface area contributed by atoms with Gasteiger partial charge in [0.25, 0.3) is 0 Å². The maximum absolute atomic E-state index is 12.1. The van der Waals surface area contributed by atoms with Crippen LogP contribution < -0.4 is 5.32 Å². The van der Waals surface area contributed by atoms with Crippen LogP contribution in [0.2, 0.25) is 0 Å². The molecule has 2 aliphatic heterocycles. The number of halogens is 1. The lowest BCUT2D eigenvalue weighted by atomic mass is 9.92. The molecule has 2 fully saturated rings. The van der Waals surface area contributed by atoms with E-state index >= 15 is 0 Å². The van der Waals surface area contributed by atoms with Gasteiger partial charge in [-0.05, 0) is 31.4 Å². The highest BCUT2D eigenvalue weighted by Crippen LogP contribution is 2.29. The lowest BCUT2D eigenvalue weighted by molar-refractivity contribution is -0.123. The SMILES string of the molecule is O=C(NC1(CBr)CCOCC1)C1CCCS1. The van der Waals surface area contributed by atoms with Crippen molar-refractivity contribution >= 4 is 33.6 Å². The summed E-state index contributed by atoms with van der Waals surface area (Å²) in [5.41, 5.74) is -0.0709. The van der Waals surface area contributed by atoms with Gasteiger partial charge in [-0.3, -0.25) is 4.79 Å². The van der Waals surface area contributed by atoms with Gasteiger partial charge >= 0.3 is 0 Å². The molecule has 0 bridgehead atoms. The highest BCUT2D eigenvalue weighted by molar-refractivity contribution is 9.09. The highest BCUT2D eigenvalue weighted by Gasteiger charge is 2.35. The molecule has 1 amide bonds. The second-order valence-corrected chi connectivity index (χ2v) is 6.39. The van der Waals surface area contributed by atoms with Gasteiger partial charge in [0.2, 0.25) is 5.91 Å². The van der Waals surface area contributed by atoms with E-state index in [1.807, 2.05) is 0 Å². The Hall–Kier alpha value is 0.260. The van der Waals surface area contributed by atoms with Gasteiger partial charge in [-0.15, -0.1) is 11.8 Å². The standard InChI is InChI=1S/C11H18BrNO2S/c12-8-11(3-5-15-6-4-11)13-10(14)9-2-1-7-16-9/h9H,1-8H2,(H,13,14). The fraction of sp³-hybridized carbons (Fsp3) is 0.909. The third-order valence-corrected chi connectivity index (χ3v) is 5.77. The van der Waals surface area contributed by atoms with Crippen molar-refractivity contribution in [3.63, 3.8) is 0 Å². The summed E-state index contributed by atoms with van der Waals surface area (Å²) in [7, 11) is 0. The van der Waals surface area contributed by atoms with Crippen molar-refractivity contribution in [1.82, 2.24) is 5.32 Å². The minimum atomic E-state index is -0.0709. The van der Waals surface area contributed by atoms with Crippen LogP contribution in [-0.4, -0.2) is 41.0 Å². The zero-order chi connectivity index (χ0) is 11.4. The average molecular weight is 308 g/mol. The number of nitrogens with one attached hydrogen (secondary N) is 1. The molecule has 0 spiro atoms. The summed E-state index contributed by atoms with van der Waals surface area (Å²) >= 11 is 5.32. The molecule has 2 aliphatic rings. The Morgan fingerprint density at radius 1 is 1.50 bits per heavy atom. The summed E-state index contributed by atoms with van der Waals surface area (Å²) in [5, 5.41) is 4.24. The van der Waals surface area contributed by atoms with Crippen LogP contribution in [0, 0.1) is 0 Å². The lowest BCUT2D eigenvalue weighted by Gasteiger charge is -2.37. The third-order valence-electron chi connectivity index (χ3n) is 3.32. The van der Waals surface area contributed by atoms with Gasteiger partial charge in [0.05, 0.1) is 10.8 Å². The van der Waals surface area contributed by atoms with E-state index in [1.165, 1.54) is 6.42 Å². The van der Waals surface area contributed by atoms with Crippen LogP contribution in [0.15, 0.2) is 0 Å². The first-order valence-electron chi connectivity index (χ1n) is 5.83. The molecule has 0 aromatic heterocycles. The Bertz CT molecular complexity index is 250. The van der Waals surface area contributed by atoms with Crippen LogP contribution in [0.4, 0.5) is 0 Å². The molecule has 1 atom stereocenters. The number of carbonyl (C=O) groups is 1. The van der Waals surface area contributed by atoms with Crippen molar-refractivity contribution in [2.24, 2.45) is 0 Å². The largest absolute Gasteiger partial charge is 0.381 e. The fourth-order valence-corrected chi connectivity index (χ4v) is 4.04. The highest BCUT2D eigenvalue weighted by atomic mass is 79.9. The Labute approximate surface area is 109 Å². The zero-order valence-corrected chi connectivity index (χ0v) is 11.7. The van der Waals surface area contributed by atoms with E-state index in [-0.39, 0.29) is 16.7 Å². The fourth-order valence-electron chi connectivity index (χ4n) is 2.18. The number of hydrogen-bond donors (Lipinski definition) is 1. The molecule has 0 saturated carbocycles. The second-order valence-electron chi connectivity index (χ2n) is 4.52. The molecule has 1 N–H and O–H groups in total. The van der Waals surface area contributed by atoms with Crippen molar-refractivity contribution in [3.8, 4) is 0 Å². The van der Waals surface area contributed by atoms with Gasteiger partial charge in [0.1, 0.15) is 0 Å². The van der Waals surface area contributed by atoms with E-state index in [4.69, 9.17) is 4.74 Å². The Morgan fingerprint density at radius 3 is 2.81 bits per heavy atom. The van der Waals surface area contributed by atoms with Gasteiger partial charge in [-0.2, -0.15) is 0 Å². The number of ether oxygens (including phenoxy) is 1. The first-order valence-corrected chi connectivity index (χ1v) is 8.00. The molecule has 0 aromatic carbocycles. The van der Waals surface area contributed by atoms with Crippen molar-refractivity contribution in [3.05, 3.63) is 0 Å². The molecule has 92 valence electrons. The van der Waals surface area contributed by atoms with Gasteiger partial charge in [-0.25, -0.2) is 0 Å². The molecule has 2 heterocycles. The van der Waals surface area contributed by atoms with E-state index in [0.717, 1.165) is 43.6 Å². The van der Waals surface area contributed by atoms with Crippen LogP contribution in [0.5, 0.6) is 0 Å². The molecule has 1 unspecified atom stereocenters. The van der Waals surface area contributed by atoms with E-state index < -0.39 is 0 Å². The Kier molecular flexibility index (Phi) is 4.56. The predicted molar refractivity (Wildman–Crippen MR) is 70.2 cm³/mol. The number of rotatable bonds is 3. The summed E-state index contributed by atoms with van der Waals surface area (Å²) in [6, 6.07) is 0. The molecule has 0 radical (unpaired) electrons. The minimum absolute atomic E-state index is 0.0709. The van der Waals surface area contributed by atoms with Gasteiger partial charge in [-0.1, -0.05) is 15.9 Å². The molecular weight excluding hydrogens is 290 g/mol. The van der Waals surface area contributed by atoms with Crippen molar-refractivity contribution in [2.75, 3.05) is 24.3 Å². The number of carbonyl (C=O) groups excluding carboxylic acids is 1. The number of hydrogen-bond acceptors (Lipinski definition) is 3. The van der Waals surface area contributed by atoms with E-state index in [1.54, 1.807) is 11.8 Å². The Morgan fingerprint density at radius 2 is 2.25 bits per heavy atom. The molecule has 0 aromatic rings. The van der Waals surface area contributed by atoms with Crippen molar-refractivity contribution in [1.29, 1.82) is 0 Å². The monoisotopic (exact) mass is 307 g/mol. The number of amides is 1. The van der Waals surface area contributed by atoms with Crippen LogP contribution in [0.3, 0.4) is 0 Å².